The quantitative estimate of drug-likeness (QED) is 0.792. The number of rotatable bonds is 2. The van der Waals surface area contributed by atoms with Crippen LogP contribution >= 0.6 is 11.6 Å². The zero-order valence-electron chi connectivity index (χ0n) is 9.30. The molecule has 88 valence electrons. The predicted molar refractivity (Wildman–Crippen MR) is 62.2 cm³/mol. The molecule has 0 spiro atoms. The fraction of sp³-hybridized carbons (Fsp3) is 0.500. The Morgan fingerprint density at radius 1 is 1.38 bits per heavy atom. The van der Waals surface area contributed by atoms with Crippen LogP contribution < -0.4 is 0 Å². The molecule has 1 aromatic carbocycles. The first-order valence-electron chi connectivity index (χ1n) is 5.42. The topological polar surface area (TPSA) is 12.5 Å². The molecule has 0 amide bonds. The predicted octanol–water partition coefficient (Wildman–Crippen LogP) is 2.62. The molecular formula is C12H15ClFNO. The van der Waals surface area contributed by atoms with Gasteiger partial charge < -0.3 is 4.74 Å². The van der Waals surface area contributed by atoms with Crippen molar-refractivity contribution in [2.75, 3.05) is 26.3 Å². The van der Waals surface area contributed by atoms with Crippen LogP contribution in [0.4, 0.5) is 4.39 Å². The minimum Gasteiger partial charge on any atom is -0.379 e. The van der Waals surface area contributed by atoms with Crippen LogP contribution in [0.3, 0.4) is 0 Å². The van der Waals surface area contributed by atoms with Crippen LogP contribution in [-0.2, 0) is 11.3 Å². The molecule has 2 nitrogen and oxygen atoms in total. The third-order valence-corrected chi connectivity index (χ3v) is 3.39. The van der Waals surface area contributed by atoms with Crippen molar-refractivity contribution < 1.29 is 9.13 Å². The SMILES string of the molecule is Cc1ccc(F)c(CN2CCOCC2)c1Cl. The third-order valence-electron chi connectivity index (χ3n) is 2.86. The molecule has 0 radical (unpaired) electrons. The van der Waals surface area contributed by atoms with Gasteiger partial charge in [-0.1, -0.05) is 17.7 Å². The number of aryl methyl sites for hydroxylation is 1. The van der Waals surface area contributed by atoms with Crippen molar-refractivity contribution in [1.29, 1.82) is 0 Å². The monoisotopic (exact) mass is 243 g/mol. The minimum atomic E-state index is -0.220. The lowest BCUT2D eigenvalue weighted by Gasteiger charge is -2.27. The van der Waals surface area contributed by atoms with E-state index in [1.54, 1.807) is 6.07 Å². The van der Waals surface area contributed by atoms with Crippen molar-refractivity contribution >= 4 is 11.6 Å². The van der Waals surface area contributed by atoms with Crippen LogP contribution in [0.5, 0.6) is 0 Å². The molecule has 0 atom stereocenters. The molecule has 1 aliphatic rings. The normalized spacial score (nSPS) is 17.7. The Balaban J connectivity index is 2.16. The Kier molecular flexibility index (Phi) is 3.79. The molecule has 1 heterocycles. The fourth-order valence-corrected chi connectivity index (χ4v) is 2.06. The minimum absolute atomic E-state index is 0.220. The molecule has 1 aliphatic heterocycles. The van der Waals surface area contributed by atoms with Gasteiger partial charge in [0.1, 0.15) is 5.82 Å². The summed E-state index contributed by atoms with van der Waals surface area (Å²) in [4.78, 5) is 2.16. The van der Waals surface area contributed by atoms with E-state index in [1.165, 1.54) is 6.07 Å². The van der Waals surface area contributed by atoms with Gasteiger partial charge in [0.05, 0.1) is 18.2 Å². The van der Waals surface area contributed by atoms with E-state index < -0.39 is 0 Å². The summed E-state index contributed by atoms with van der Waals surface area (Å²) in [7, 11) is 0. The van der Waals surface area contributed by atoms with Gasteiger partial charge in [-0.15, -0.1) is 0 Å². The van der Waals surface area contributed by atoms with Crippen LogP contribution in [-0.4, -0.2) is 31.2 Å². The van der Waals surface area contributed by atoms with Gasteiger partial charge in [0.25, 0.3) is 0 Å². The molecule has 0 bridgehead atoms. The molecule has 4 heteroatoms. The average molecular weight is 244 g/mol. The Morgan fingerprint density at radius 3 is 2.75 bits per heavy atom. The van der Waals surface area contributed by atoms with Crippen LogP contribution in [0.25, 0.3) is 0 Å². The number of benzene rings is 1. The maximum atomic E-state index is 13.6. The standard InChI is InChI=1S/C12H15ClFNO/c1-9-2-3-11(14)10(12(9)13)8-15-4-6-16-7-5-15/h2-3H,4-8H2,1H3. The van der Waals surface area contributed by atoms with E-state index >= 15 is 0 Å². The molecule has 16 heavy (non-hydrogen) atoms. The van der Waals surface area contributed by atoms with E-state index in [9.17, 15) is 4.39 Å². The van der Waals surface area contributed by atoms with Gasteiger partial charge in [-0.3, -0.25) is 4.90 Å². The van der Waals surface area contributed by atoms with Gasteiger partial charge in [0, 0.05) is 25.2 Å². The summed E-state index contributed by atoms with van der Waals surface area (Å²) in [6, 6.07) is 3.19. The van der Waals surface area contributed by atoms with Gasteiger partial charge in [0.2, 0.25) is 0 Å². The van der Waals surface area contributed by atoms with Crippen molar-refractivity contribution in [2.45, 2.75) is 13.5 Å². The van der Waals surface area contributed by atoms with Crippen molar-refractivity contribution in [3.63, 3.8) is 0 Å². The Morgan fingerprint density at radius 2 is 2.06 bits per heavy atom. The summed E-state index contributed by atoms with van der Waals surface area (Å²) < 4.78 is 18.9. The zero-order chi connectivity index (χ0) is 11.5. The van der Waals surface area contributed by atoms with Gasteiger partial charge in [0.15, 0.2) is 0 Å². The second kappa shape index (κ2) is 5.13. The van der Waals surface area contributed by atoms with Gasteiger partial charge in [-0.05, 0) is 18.6 Å². The molecule has 1 saturated heterocycles. The first-order valence-corrected chi connectivity index (χ1v) is 5.80. The van der Waals surface area contributed by atoms with E-state index in [-0.39, 0.29) is 5.82 Å². The second-order valence-electron chi connectivity index (χ2n) is 4.05. The zero-order valence-corrected chi connectivity index (χ0v) is 10.1. The molecule has 2 rings (SSSR count). The molecule has 1 fully saturated rings. The van der Waals surface area contributed by atoms with Gasteiger partial charge in [-0.2, -0.15) is 0 Å². The number of halogens is 2. The summed E-state index contributed by atoms with van der Waals surface area (Å²) in [6.45, 7) is 5.56. The largest absolute Gasteiger partial charge is 0.379 e. The first kappa shape index (κ1) is 11.8. The highest BCUT2D eigenvalue weighted by molar-refractivity contribution is 6.32. The van der Waals surface area contributed by atoms with E-state index in [4.69, 9.17) is 16.3 Å². The van der Waals surface area contributed by atoms with Crippen molar-refractivity contribution in [1.82, 2.24) is 4.90 Å². The number of nitrogens with zero attached hydrogens (tertiary/aromatic N) is 1. The second-order valence-corrected chi connectivity index (χ2v) is 4.42. The van der Waals surface area contributed by atoms with Gasteiger partial charge in [-0.25, -0.2) is 4.39 Å². The Labute approximate surface area is 100.0 Å². The summed E-state index contributed by atoms with van der Waals surface area (Å²) in [5.41, 5.74) is 1.52. The molecule has 0 aliphatic carbocycles. The number of hydrogen-bond donors (Lipinski definition) is 0. The van der Waals surface area contributed by atoms with Crippen LogP contribution in [0, 0.1) is 12.7 Å². The van der Waals surface area contributed by atoms with Crippen molar-refractivity contribution in [2.24, 2.45) is 0 Å². The summed E-state index contributed by atoms with van der Waals surface area (Å²) in [6.07, 6.45) is 0. The van der Waals surface area contributed by atoms with Crippen LogP contribution in [0.2, 0.25) is 5.02 Å². The van der Waals surface area contributed by atoms with E-state index in [2.05, 4.69) is 4.90 Å². The Bertz CT molecular complexity index is 378. The van der Waals surface area contributed by atoms with Crippen LogP contribution in [0.15, 0.2) is 12.1 Å². The first-order chi connectivity index (χ1) is 7.68. The number of morpholine rings is 1. The third kappa shape index (κ3) is 2.54. The molecular weight excluding hydrogens is 229 g/mol. The smallest absolute Gasteiger partial charge is 0.129 e. The average Bonchev–Trinajstić information content (AvgIpc) is 2.31. The van der Waals surface area contributed by atoms with Crippen molar-refractivity contribution in [3.05, 3.63) is 34.1 Å². The van der Waals surface area contributed by atoms with E-state index in [0.717, 1.165) is 18.7 Å². The highest BCUT2D eigenvalue weighted by Gasteiger charge is 2.16. The van der Waals surface area contributed by atoms with Gasteiger partial charge >= 0.3 is 0 Å². The molecule has 0 unspecified atom stereocenters. The highest BCUT2D eigenvalue weighted by atomic mass is 35.5. The molecule has 1 aromatic rings. The van der Waals surface area contributed by atoms with Crippen LogP contribution in [0.1, 0.15) is 11.1 Å². The fourth-order valence-electron chi connectivity index (χ4n) is 1.84. The lowest BCUT2D eigenvalue weighted by Crippen LogP contribution is -2.36. The maximum Gasteiger partial charge on any atom is 0.129 e. The molecule has 0 saturated carbocycles. The Hall–Kier alpha value is -0.640. The summed E-state index contributed by atoms with van der Waals surface area (Å²) in [5.74, 6) is -0.220. The lowest BCUT2D eigenvalue weighted by molar-refractivity contribution is 0.0337. The lowest BCUT2D eigenvalue weighted by atomic mass is 10.1. The highest BCUT2D eigenvalue weighted by Crippen LogP contribution is 2.24. The summed E-state index contributed by atoms with van der Waals surface area (Å²) >= 11 is 6.12. The number of ether oxygens (including phenoxy) is 1. The summed E-state index contributed by atoms with van der Waals surface area (Å²) in [5, 5.41) is 0.548. The molecule has 0 N–H and O–H groups in total. The number of hydrogen-bond acceptors (Lipinski definition) is 2. The van der Waals surface area contributed by atoms with E-state index in [1.807, 2.05) is 6.92 Å². The van der Waals surface area contributed by atoms with Crippen molar-refractivity contribution in [3.8, 4) is 0 Å². The maximum absolute atomic E-state index is 13.6. The molecule has 0 aromatic heterocycles. The van der Waals surface area contributed by atoms with E-state index in [0.29, 0.717) is 30.3 Å².